The molecule has 0 radical (unpaired) electrons. The highest BCUT2D eigenvalue weighted by molar-refractivity contribution is 6.23. The summed E-state index contributed by atoms with van der Waals surface area (Å²) in [6.07, 6.45) is 0.732. The summed E-state index contributed by atoms with van der Waals surface area (Å²) in [5, 5.41) is -0.0942. The van der Waals surface area contributed by atoms with Crippen LogP contribution in [0.25, 0.3) is 0 Å². The third-order valence-electron chi connectivity index (χ3n) is 3.01. The Balaban J connectivity index is 2.03. The van der Waals surface area contributed by atoms with Crippen LogP contribution in [-0.4, -0.2) is 0 Å². The minimum absolute atomic E-state index is 0.0463. The van der Waals surface area contributed by atoms with Crippen molar-refractivity contribution < 1.29 is 0 Å². The minimum atomic E-state index is -0.0479. The molecule has 94 valence electrons. The summed E-state index contributed by atoms with van der Waals surface area (Å²) in [7, 11) is 0. The van der Waals surface area contributed by atoms with Crippen LogP contribution < -0.4 is 0 Å². The van der Waals surface area contributed by atoms with Gasteiger partial charge in [0.1, 0.15) is 0 Å². The molecule has 2 rings (SSSR count). The normalized spacial score (nSPS) is 14.2. The van der Waals surface area contributed by atoms with Gasteiger partial charge in [-0.25, -0.2) is 0 Å². The first-order valence-corrected chi connectivity index (χ1v) is 6.94. The second kappa shape index (κ2) is 6.26. The highest BCUT2D eigenvalue weighted by Gasteiger charge is 2.15. The van der Waals surface area contributed by atoms with Gasteiger partial charge in [0, 0.05) is 0 Å². The number of benzene rings is 2. The predicted molar refractivity (Wildman–Crippen MR) is 79.4 cm³/mol. The van der Waals surface area contributed by atoms with Gasteiger partial charge in [-0.15, -0.1) is 23.2 Å². The van der Waals surface area contributed by atoms with Crippen molar-refractivity contribution in [3.8, 4) is 0 Å². The van der Waals surface area contributed by atoms with Gasteiger partial charge in [0.05, 0.1) is 10.8 Å². The molecule has 0 aromatic heterocycles. The average molecular weight is 279 g/mol. The van der Waals surface area contributed by atoms with E-state index in [-0.39, 0.29) is 10.8 Å². The van der Waals surface area contributed by atoms with E-state index in [1.165, 1.54) is 5.56 Å². The average Bonchev–Trinajstić information content (AvgIpc) is 2.40. The van der Waals surface area contributed by atoms with Crippen LogP contribution in [-0.2, 0) is 0 Å². The van der Waals surface area contributed by atoms with Crippen molar-refractivity contribution in [2.45, 2.75) is 24.1 Å². The van der Waals surface area contributed by atoms with Gasteiger partial charge in [-0.2, -0.15) is 0 Å². The fraction of sp³-hybridized carbons (Fsp3) is 0.250. The van der Waals surface area contributed by atoms with Crippen LogP contribution in [0.4, 0.5) is 0 Å². The molecule has 0 fully saturated rings. The Bertz CT molecular complexity index is 476. The van der Waals surface area contributed by atoms with Gasteiger partial charge in [-0.3, -0.25) is 0 Å². The summed E-state index contributed by atoms with van der Waals surface area (Å²) < 4.78 is 0. The first-order valence-electron chi connectivity index (χ1n) is 6.06. The number of rotatable bonds is 4. The van der Waals surface area contributed by atoms with Gasteiger partial charge >= 0.3 is 0 Å². The lowest BCUT2D eigenvalue weighted by atomic mass is 10.0. The zero-order valence-electron chi connectivity index (χ0n) is 10.3. The number of alkyl halides is 2. The Hall–Kier alpha value is -0.980. The fourth-order valence-corrected chi connectivity index (χ4v) is 2.63. The molecule has 0 heterocycles. The third-order valence-corrected chi connectivity index (χ3v) is 3.87. The van der Waals surface area contributed by atoms with Gasteiger partial charge in [0.15, 0.2) is 0 Å². The second-order valence-corrected chi connectivity index (χ2v) is 5.55. The molecule has 2 aromatic rings. The van der Waals surface area contributed by atoms with E-state index < -0.39 is 0 Å². The van der Waals surface area contributed by atoms with Crippen LogP contribution in [0, 0.1) is 6.92 Å². The summed E-state index contributed by atoms with van der Waals surface area (Å²) >= 11 is 12.8. The summed E-state index contributed by atoms with van der Waals surface area (Å²) in [5.74, 6) is 0. The first kappa shape index (κ1) is 13.5. The smallest absolute Gasteiger partial charge is 0.0602 e. The van der Waals surface area contributed by atoms with E-state index in [0.29, 0.717) is 0 Å². The first-order chi connectivity index (χ1) is 8.66. The molecule has 0 nitrogen and oxygen atoms in total. The van der Waals surface area contributed by atoms with E-state index in [1.54, 1.807) is 0 Å². The van der Waals surface area contributed by atoms with Crippen LogP contribution in [0.1, 0.15) is 33.9 Å². The number of hydrogen-bond donors (Lipinski definition) is 0. The van der Waals surface area contributed by atoms with Crippen molar-refractivity contribution in [2.24, 2.45) is 0 Å². The lowest BCUT2D eigenvalue weighted by Crippen LogP contribution is -1.97. The summed E-state index contributed by atoms with van der Waals surface area (Å²) in [6.45, 7) is 2.07. The Kier molecular flexibility index (Phi) is 4.68. The second-order valence-electron chi connectivity index (χ2n) is 4.49. The minimum Gasteiger partial charge on any atom is -0.118 e. The zero-order chi connectivity index (χ0) is 13.0. The highest BCUT2D eigenvalue weighted by atomic mass is 35.5. The van der Waals surface area contributed by atoms with Crippen molar-refractivity contribution in [1.82, 2.24) is 0 Å². The molecule has 0 N–H and O–H groups in total. The molecule has 0 saturated carbocycles. The van der Waals surface area contributed by atoms with E-state index in [2.05, 4.69) is 31.2 Å². The molecule has 2 heteroatoms. The molecule has 2 unspecified atom stereocenters. The Labute approximate surface area is 119 Å². The van der Waals surface area contributed by atoms with Gasteiger partial charge in [0.25, 0.3) is 0 Å². The molecule has 0 aliphatic heterocycles. The molecule has 0 aliphatic rings. The molecule has 0 spiro atoms. The van der Waals surface area contributed by atoms with Crippen LogP contribution in [0.15, 0.2) is 54.6 Å². The number of hydrogen-bond acceptors (Lipinski definition) is 0. The van der Waals surface area contributed by atoms with E-state index in [1.807, 2.05) is 30.3 Å². The molecule has 0 bridgehead atoms. The maximum atomic E-state index is 6.42. The molecular weight excluding hydrogens is 263 g/mol. The van der Waals surface area contributed by atoms with Crippen LogP contribution in [0.2, 0.25) is 0 Å². The quantitative estimate of drug-likeness (QED) is 0.635. The SMILES string of the molecule is Cc1ccc(C(Cl)CC(Cl)c2ccccc2)cc1. The monoisotopic (exact) mass is 278 g/mol. The molecule has 2 atom stereocenters. The lowest BCUT2D eigenvalue weighted by Gasteiger charge is -2.15. The summed E-state index contributed by atoms with van der Waals surface area (Å²) in [4.78, 5) is 0. The Morgan fingerprint density at radius 1 is 0.778 bits per heavy atom. The summed E-state index contributed by atoms with van der Waals surface area (Å²) in [5.41, 5.74) is 3.49. The maximum absolute atomic E-state index is 6.42. The number of halogens is 2. The largest absolute Gasteiger partial charge is 0.118 e. The van der Waals surface area contributed by atoms with Gasteiger partial charge in [-0.1, -0.05) is 60.2 Å². The zero-order valence-corrected chi connectivity index (χ0v) is 11.8. The van der Waals surface area contributed by atoms with Crippen molar-refractivity contribution in [3.63, 3.8) is 0 Å². The van der Waals surface area contributed by atoms with E-state index in [0.717, 1.165) is 17.5 Å². The molecule has 0 saturated heterocycles. The Morgan fingerprint density at radius 3 is 1.83 bits per heavy atom. The molecule has 0 aliphatic carbocycles. The van der Waals surface area contributed by atoms with Gasteiger partial charge in [0.2, 0.25) is 0 Å². The highest BCUT2D eigenvalue weighted by Crippen LogP contribution is 2.35. The van der Waals surface area contributed by atoms with E-state index in [9.17, 15) is 0 Å². The molecule has 2 aromatic carbocycles. The molecule has 0 amide bonds. The van der Waals surface area contributed by atoms with Crippen LogP contribution in [0.3, 0.4) is 0 Å². The van der Waals surface area contributed by atoms with Gasteiger partial charge in [-0.05, 0) is 24.5 Å². The predicted octanol–water partition coefficient (Wildman–Crippen LogP) is 5.65. The van der Waals surface area contributed by atoms with Crippen LogP contribution in [0.5, 0.6) is 0 Å². The fourth-order valence-electron chi connectivity index (χ4n) is 1.89. The standard InChI is InChI=1S/C16H16Cl2/c1-12-7-9-14(10-8-12)16(18)11-15(17)13-5-3-2-4-6-13/h2-10,15-16H,11H2,1H3. The Morgan fingerprint density at radius 2 is 1.28 bits per heavy atom. The summed E-state index contributed by atoms with van der Waals surface area (Å²) in [6, 6.07) is 18.4. The number of aryl methyl sites for hydroxylation is 1. The topological polar surface area (TPSA) is 0 Å². The lowest BCUT2D eigenvalue weighted by molar-refractivity contribution is 0.769. The molecular formula is C16H16Cl2. The van der Waals surface area contributed by atoms with Crippen molar-refractivity contribution in [1.29, 1.82) is 0 Å². The van der Waals surface area contributed by atoms with Crippen molar-refractivity contribution in [2.75, 3.05) is 0 Å². The van der Waals surface area contributed by atoms with Crippen LogP contribution >= 0.6 is 23.2 Å². The van der Waals surface area contributed by atoms with Gasteiger partial charge < -0.3 is 0 Å². The van der Waals surface area contributed by atoms with Crippen molar-refractivity contribution in [3.05, 3.63) is 71.3 Å². The molecule has 18 heavy (non-hydrogen) atoms. The van der Waals surface area contributed by atoms with Crippen molar-refractivity contribution >= 4 is 23.2 Å². The third kappa shape index (κ3) is 3.51. The van der Waals surface area contributed by atoms with E-state index >= 15 is 0 Å². The maximum Gasteiger partial charge on any atom is 0.0602 e. The van der Waals surface area contributed by atoms with E-state index in [4.69, 9.17) is 23.2 Å².